The number of furan rings is 1. The average Bonchev–Trinajstić information content (AvgIpc) is 3.16. The first kappa shape index (κ1) is 19.0. The van der Waals surface area contributed by atoms with E-state index in [2.05, 4.69) is 10.5 Å². The van der Waals surface area contributed by atoms with Crippen LogP contribution in [0.1, 0.15) is 23.3 Å². The van der Waals surface area contributed by atoms with Crippen molar-refractivity contribution in [3.8, 4) is 11.3 Å². The molecule has 1 N–H and O–H groups in total. The first-order valence-electron chi connectivity index (χ1n) is 8.74. The maximum Gasteiger partial charge on any atom is 0.270 e. The summed E-state index contributed by atoms with van der Waals surface area (Å²) in [6.45, 7) is 1.85. The minimum Gasteiger partial charge on any atom is -0.455 e. The van der Waals surface area contributed by atoms with Crippen LogP contribution >= 0.6 is 0 Å². The number of non-ortho nitro benzene ring substituents is 1. The molecule has 1 heterocycles. The number of aryl methyl sites for hydroxylation is 2. The lowest BCUT2D eigenvalue weighted by Crippen LogP contribution is -2.17. The van der Waals surface area contributed by atoms with Crippen molar-refractivity contribution in [2.45, 2.75) is 19.8 Å². The zero-order valence-corrected chi connectivity index (χ0v) is 15.3. The normalized spacial score (nSPS) is 10.9. The van der Waals surface area contributed by atoms with E-state index in [0.717, 1.165) is 11.1 Å². The summed E-state index contributed by atoms with van der Waals surface area (Å²) in [5.41, 5.74) is 5.05. The van der Waals surface area contributed by atoms with Crippen LogP contribution in [0.4, 0.5) is 5.69 Å². The van der Waals surface area contributed by atoms with Crippen LogP contribution in [-0.2, 0) is 11.2 Å². The van der Waals surface area contributed by atoms with Crippen molar-refractivity contribution in [2.75, 3.05) is 0 Å². The monoisotopic (exact) mass is 377 g/mol. The van der Waals surface area contributed by atoms with E-state index < -0.39 is 4.92 Å². The number of benzene rings is 2. The Morgan fingerprint density at radius 1 is 1.18 bits per heavy atom. The summed E-state index contributed by atoms with van der Waals surface area (Å²) in [6, 6.07) is 17.7. The van der Waals surface area contributed by atoms with Gasteiger partial charge in [0.25, 0.3) is 5.69 Å². The van der Waals surface area contributed by atoms with E-state index in [4.69, 9.17) is 4.42 Å². The Hall–Kier alpha value is -3.74. The highest BCUT2D eigenvalue weighted by Crippen LogP contribution is 2.28. The third-order valence-electron chi connectivity index (χ3n) is 4.19. The molecule has 3 rings (SSSR count). The van der Waals surface area contributed by atoms with Gasteiger partial charge < -0.3 is 4.42 Å². The van der Waals surface area contributed by atoms with Crippen molar-refractivity contribution < 1.29 is 14.1 Å². The third-order valence-corrected chi connectivity index (χ3v) is 4.19. The molecule has 142 valence electrons. The molecule has 0 fully saturated rings. The van der Waals surface area contributed by atoms with Gasteiger partial charge in [0, 0.05) is 24.1 Å². The topological polar surface area (TPSA) is 97.7 Å². The average molecular weight is 377 g/mol. The van der Waals surface area contributed by atoms with E-state index in [1.165, 1.54) is 18.3 Å². The molecule has 7 nitrogen and oxygen atoms in total. The highest BCUT2D eigenvalue weighted by atomic mass is 16.6. The number of amides is 1. The van der Waals surface area contributed by atoms with Crippen LogP contribution in [0.5, 0.6) is 0 Å². The van der Waals surface area contributed by atoms with Crippen molar-refractivity contribution >= 4 is 17.8 Å². The zero-order valence-electron chi connectivity index (χ0n) is 15.3. The third kappa shape index (κ3) is 4.91. The van der Waals surface area contributed by atoms with E-state index >= 15 is 0 Å². The van der Waals surface area contributed by atoms with Gasteiger partial charge >= 0.3 is 0 Å². The molecule has 0 atom stereocenters. The van der Waals surface area contributed by atoms with E-state index in [1.807, 2.05) is 37.3 Å². The second-order valence-corrected chi connectivity index (χ2v) is 6.24. The summed E-state index contributed by atoms with van der Waals surface area (Å²) in [5.74, 6) is 0.740. The Balaban J connectivity index is 1.59. The van der Waals surface area contributed by atoms with Crippen LogP contribution in [0.3, 0.4) is 0 Å². The molecule has 0 aliphatic carbocycles. The highest BCUT2D eigenvalue weighted by Gasteiger charge is 2.13. The Morgan fingerprint density at radius 2 is 1.96 bits per heavy atom. The summed E-state index contributed by atoms with van der Waals surface area (Å²) in [7, 11) is 0. The van der Waals surface area contributed by atoms with Gasteiger partial charge in [0.05, 0.1) is 11.1 Å². The lowest BCUT2D eigenvalue weighted by atomic mass is 10.1. The quantitative estimate of drug-likeness (QED) is 0.378. The van der Waals surface area contributed by atoms with Gasteiger partial charge in [-0.1, -0.05) is 36.4 Å². The van der Waals surface area contributed by atoms with E-state index in [9.17, 15) is 14.9 Å². The van der Waals surface area contributed by atoms with Gasteiger partial charge in [-0.25, -0.2) is 5.43 Å². The fourth-order valence-electron chi connectivity index (χ4n) is 2.68. The van der Waals surface area contributed by atoms with Crippen LogP contribution in [-0.4, -0.2) is 17.0 Å². The van der Waals surface area contributed by atoms with Crippen LogP contribution in [0.25, 0.3) is 11.3 Å². The molecule has 0 aliphatic heterocycles. The minimum absolute atomic E-state index is 0.00195. The van der Waals surface area contributed by atoms with Gasteiger partial charge in [0.1, 0.15) is 11.5 Å². The number of carbonyl (C=O) groups excluding carboxylic acids is 1. The zero-order chi connectivity index (χ0) is 19.9. The molecule has 0 saturated carbocycles. The van der Waals surface area contributed by atoms with Crippen LogP contribution in [0, 0.1) is 17.0 Å². The van der Waals surface area contributed by atoms with Crippen LogP contribution < -0.4 is 5.43 Å². The second kappa shape index (κ2) is 8.77. The minimum atomic E-state index is -0.445. The molecule has 0 saturated heterocycles. The summed E-state index contributed by atoms with van der Waals surface area (Å²) in [4.78, 5) is 22.4. The van der Waals surface area contributed by atoms with Gasteiger partial charge in [0.15, 0.2) is 0 Å². The van der Waals surface area contributed by atoms with Gasteiger partial charge in [-0.3, -0.25) is 14.9 Å². The summed E-state index contributed by atoms with van der Waals surface area (Å²) in [6.07, 6.45) is 2.37. The highest BCUT2D eigenvalue weighted by molar-refractivity contribution is 5.81. The molecular weight excluding hydrogens is 358 g/mol. The molecule has 3 aromatic rings. The molecule has 28 heavy (non-hydrogen) atoms. The predicted molar refractivity (Wildman–Crippen MR) is 106 cm³/mol. The molecule has 0 spiro atoms. The van der Waals surface area contributed by atoms with Crippen molar-refractivity contribution in [2.24, 2.45) is 5.10 Å². The maximum absolute atomic E-state index is 11.9. The molecule has 0 bridgehead atoms. The lowest BCUT2D eigenvalue weighted by Gasteiger charge is -2.02. The lowest BCUT2D eigenvalue weighted by molar-refractivity contribution is -0.384. The molecule has 0 radical (unpaired) electrons. The summed E-state index contributed by atoms with van der Waals surface area (Å²) < 4.78 is 5.67. The molecule has 0 unspecified atom stereocenters. The SMILES string of the molecule is Cc1ccc([N+](=O)[O-])cc1-c1ccc(/C=N\NC(=O)CCc2ccccc2)o1. The van der Waals surface area contributed by atoms with Gasteiger partial charge in [-0.2, -0.15) is 5.10 Å². The number of hydrogen-bond acceptors (Lipinski definition) is 5. The number of nitrogens with zero attached hydrogens (tertiary/aromatic N) is 2. The fraction of sp³-hybridized carbons (Fsp3) is 0.143. The number of nitro groups is 1. The number of rotatable bonds is 7. The Kier molecular flexibility index (Phi) is 5.96. The van der Waals surface area contributed by atoms with Gasteiger partial charge in [0.2, 0.25) is 5.91 Å². The number of carbonyl (C=O) groups is 1. The predicted octanol–water partition coefficient (Wildman–Crippen LogP) is 4.25. The summed E-state index contributed by atoms with van der Waals surface area (Å²) in [5, 5.41) is 14.9. The standard InChI is InChI=1S/C21H19N3O4/c1-15-7-9-17(24(26)27)13-19(15)20-11-10-18(28-20)14-22-23-21(25)12-8-16-5-3-2-4-6-16/h2-7,9-11,13-14H,8,12H2,1H3,(H,23,25)/b22-14-. The first-order valence-corrected chi connectivity index (χ1v) is 8.74. The smallest absolute Gasteiger partial charge is 0.270 e. The first-order chi connectivity index (χ1) is 13.5. The van der Waals surface area contributed by atoms with Crippen molar-refractivity contribution in [1.29, 1.82) is 0 Å². The Bertz CT molecular complexity index is 1010. The summed E-state index contributed by atoms with van der Waals surface area (Å²) >= 11 is 0. The van der Waals surface area contributed by atoms with E-state index in [0.29, 0.717) is 29.9 Å². The van der Waals surface area contributed by atoms with Crippen molar-refractivity contribution in [3.63, 3.8) is 0 Å². The van der Waals surface area contributed by atoms with Gasteiger partial charge in [-0.05, 0) is 36.6 Å². The number of nitrogens with one attached hydrogen (secondary N) is 1. The number of nitro benzene ring substituents is 1. The fourth-order valence-corrected chi connectivity index (χ4v) is 2.68. The molecule has 7 heteroatoms. The van der Waals surface area contributed by atoms with Gasteiger partial charge in [-0.15, -0.1) is 0 Å². The van der Waals surface area contributed by atoms with E-state index in [-0.39, 0.29) is 11.6 Å². The van der Waals surface area contributed by atoms with E-state index in [1.54, 1.807) is 18.2 Å². The largest absolute Gasteiger partial charge is 0.455 e. The van der Waals surface area contributed by atoms with Crippen molar-refractivity contribution in [1.82, 2.24) is 5.43 Å². The van der Waals surface area contributed by atoms with Crippen LogP contribution in [0.2, 0.25) is 0 Å². The van der Waals surface area contributed by atoms with Crippen molar-refractivity contribution in [3.05, 3.63) is 87.7 Å². The maximum atomic E-state index is 11.9. The Labute approximate surface area is 161 Å². The molecular formula is C21H19N3O4. The Morgan fingerprint density at radius 3 is 2.71 bits per heavy atom. The number of hydrogen-bond donors (Lipinski definition) is 1. The second-order valence-electron chi connectivity index (χ2n) is 6.24. The molecule has 1 amide bonds. The molecule has 0 aliphatic rings. The van der Waals surface area contributed by atoms with Crippen LogP contribution in [0.15, 0.2) is 70.2 Å². The molecule has 1 aromatic heterocycles. The molecule has 2 aromatic carbocycles. The number of hydrazone groups is 1.